The van der Waals surface area contributed by atoms with Gasteiger partial charge < -0.3 is 4.74 Å². The molecule has 1 unspecified atom stereocenters. The molecule has 0 bridgehead atoms. The van der Waals surface area contributed by atoms with E-state index in [0.29, 0.717) is 6.42 Å². The lowest BCUT2D eigenvalue weighted by Crippen LogP contribution is -2.11. The molecule has 0 aliphatic heterocycles. The standard InChI is InChI=1S/C13H23O4/c1-11(17-12(2)14)9-7-5-4-6-8-10-13(15)16-3/h11H,3-10H2,1-2H3/q+1. The first-order chi connectivity index (χ1) is 8.06. The van der Waals surface area contributed by atoms with Crippen LogP contribution in [0.4, 0.5) is 0 Å². The second kappa shape index (κ2) is 10.00. The summed E-state index contributed by atoms with van der Waals surface area (Å²) in [6.07, 6.45) is 6.49. The molecule has 0 aromatic carbocycles. The maximum absolute atomic E-state index is 10.8. The zero-order valence-corrected chi connectivity index (χ0v) is 10.9. The molecule has 0 heterocycles. The Labute approximate surface area is 103 Å². The van der Waals surface area contributed by atoms with Crippen LogP contribution in [0.1, 0.15) is 58.8 Å². The highest BCUT2D eigenvalue weighted by Gasteiger charge is 2.10. The number of rotatable bonds is 9. The summed E-state index contributed by atoms with van der Waals surface area (Å²) in [5, 5.41) is 0. The minimum atomic E-state index is -0.242. The lowest BCUT2D eigenvalue weighted by Gasteiger charge is -2.10. The second-order valence-corrected chi connectivity index (χ2v) is 4.24. The molecule has 17 heavy (non-hydrogen) atoms. The highest BCUT2D eigenvalue weighted by Crippen LogP contribution is 2.10. The largest absolute Gasteiger partial charge is 0.579 e. The van der Waals surface area contributed by atoms with E-state index in [2.05, 4.69) is 11.2 Å². The lowest BCUT2D eigenvalue weighted by molar-refractivity contribution is -0.369. The van der Waals surface area contributed by atoms with Crippen LogP contribution < -0.4 is 0 Å². The minimum absolute atomic E-state index is 0.00800. The van der Waals surface area contributed by atoms with E-state index in [1.165, 1.54) is 6.92 Å². The highest BCUT2D eigenvalue weighted by atomic mass is 16.5. The zero-order valence-electron chi connectivity index (χ0n) is 10.9. The Kier molecular flexibility index (Phi) is 9.30. The molecule has 0 rings (SSSR count). The average molecular weight is 243 g/mol. The van der Waals surface area contributed by atoms with Crippen LogP contribution in [0.5, 0.6) is 0 Å². The quantitative estimate of drug-likeness (QED) is 0.355. The molecule has 0 fully saturated rings. The first-order valence-electron chi connectivity index (χ1n) is 6.18. The van der Waals surface area contributed by atoms with Crippen molar-refractivity contribution >= 4 is 18.7 Å². The number of esters is 1. The molecule has 4 heteroatoms. The molecule has 0 saturated heterocycles. The zero-order chi connectivity index (χ0) is 13.1. The Morgan fingerprint density at radius 3 is 2.35 bits per heavy atom. The fraction of sp³-hybridized carbons (Fsp3) is 0.769. The summed E-state index contributed by atoms with van der Waals surface area (Å²) in [4.78, 5) is 21.4. The first kappa shape index (κ1) is 15.8. The molecule has 4 nitrogen and oxygen atoms in total. The van der Waals surface area contributed by atoms with Gasteiger partial charge in [0.05, 0.1) is 6.10 Å². The lowest BCUT2D eigenvalue weighted by atomic mass is 10.1. The van der Waals surface area contributed by atoms with Crippen molar-refractivity contribution in [2.24, 2.45) is 0 Å². The molecule has 1 atom stereocenters. The second-order valence-electron chi connectivity index (χ2n) is 4.24. The van der Waals surface area contributed by atoms with Crippen LogP contribution in [0.2, 0.25) is 0 Å². The summed E-state index contributed by atoms with van der Waals surface area (Å²) in [5.41, 5.74) is 0. The summed E-state index contributed by atoms with van der Waals surface area (Å²) >= 11 is 0. The Hall–Kier alpha value is -1.19. The molecule has 0 saturated carbocycles. The van der Waals surface area contributed by atoms with Gasteiger partial charge >= 0.3 is 11.9 Å². The van der Waals surface area contributed by atoms with Gasteiger partial charge in [-0.2, -0.15) is 0 Å². The van der Waals surface area contributed by atoms with Crippen LogP contribution in [-0.4, -0.2) is 24.8 Å². The van der Waals surface area contributed by atoms with E-state index >= 15 is 0 Å². The van der Waals surface area contributed by atoms with Crippen LogP contribution in [0.3, 0.4) is 0 Å². The van der Waals surface area contributed by atoms with Gasteiger partial charge in [-0.25, -0.2) is 0 Å². The van der Waals surface area contributed by atoms with E-state index in [-0.39, 0.29) is 18.0 Å². The van der Waals surface area contributed by atoms with E-state index in [1.807, 2.05) is 6.92 Å². The SMILES string of the molecule is C=[O+]C(=O)CCCCCCCC(C)OC(C)=O. The van der Waals surface area contributed by atoms with E-state index < -0.39 is 0 Å². The van der Waals surface area contributed by atoms with Gasteiger partial charge in [0.2, 0.25) is 0 Å². The molecule has 0 aromatic heterocycles. The Morgan fingerprint density at radius 2 is 1.76 bits per heavy atom. The fourth-order valence-electron chi connectivity index (χ4n) is 1.65. The van der Waals surface area contributed by atoms with Crippen molar-refractivity contribution in [2.45, 2.75) is 64.9 Å². The van der Waals surface area contributed by atoms with Gasteiger partial charge in [0.15, 0.2) is 6.79 Å². The monoisotopic (exact) mass is 243 g/mol. The number of unbranched alkanes of at least 4 members (excludes halogenated alkanes) is 4. The molecule has 98 valence electrons. The molecule has 0 aliphatic rings. The molecule has 0 N–H and O–H groups in total. The molecular formula is C13H23O4+. The average Bonchev–Trinajstić information content (AvgIpc) is 2.26. The highest BCUT2D eigenvalue weighted by molar-refractivity contribution is 5.66. The van der Waals surface area contributed by atoms with E-state index in [0.717, 1.165) is 38.5 Å². The summed E-state index contributed by atoms with van der Waals surface area (Å²) in [6, 6.07) is 0. The Balaban J connectivity index is 3.26. The van der Waals surface area contributed by atoms with Crippen molar-refractivity contribution in [3.05, 3.63) is 0 Å². The van der Waals surface area contributed by atoms with Crippen LogP contribution >= 0.6 is 0 Å². The number of ether oxygens (including phenoxy) is 1. The molecule has 0 spiro atoms. The predicted molar refractivity (Wildman–Crippen MR) is 65.7 cm³/mol. The first-order valence-corrected chi connectivity index (χ1v) is 6.18. The van der Waals surface area contributed by atoms with Crippen LogP contribution in [0.15, 0.2) is 0 Å². The molecule has 0 aromatic rings. The van der Waals surface area contributed by atoms with Crippen LogP contribution in [0, 0.1) is 0 Å². The van der Waals surface area contributed by atoms with Gasteiger partial charge in [0, 0.05) is 11.7 Å². The predicted octanol–water partition coefficient (Wildman–Crippen LogP) is 2.56. The number of carbonyl (C=O) groups is 2. The van der Waals surface area contributed by atoms with Gasteiger partial charge in [-0.1, -0.05) is 19.3 Å². The van der Waals surface area contributed by atoms with E-state index in [9.17, 15) is 9.59 Å². The van der Waals surface area contributed by atoms with Gasteiger partial charge in [-0.05, 0) is 26.2 Å². The molecule has 0 radical (unpaired) electrons. The summed E-state index contributed by atoms with van der Waals surface area (Å²) in [7, 11) is 0. The van der Waals surface area contributed by atoms with Crippen molar-refractivity contribution in [1.82, 2.24) is 0 Å². The van der Waals surface area contributed by atoms with Crippen molar-refractivity contribution in [2.75, 3.05) is 0 Å². The Bertz CT molecular complexity index is 248. The Morgan fingerprint density at radius 1 is 1.18 bits per heavy atom. The van der Waals surface area contributed by atoms with Crippen LogP contribution in [-0.2, 0) is 18.8 Å². The topological polar surface area (TPSA) is 54.7 Å². The maximum Gasteiger partial charge on any atom is 0.579 e. The van der Waals surface area contributed by atoms with Gasteiger partial charge in [0.25, 0.3) is 0 Å². The molecule has 0 aliphatic carbocycles. The third kappa shape index (κ3) is 11.1. The van der Waals surface area contributed by atoms with Crippen molar-refractivity contribution < 1.29 is 18.8 Å². The molecule has 0 amide bonds. The minimum Gasteiger partial charge on any atom is -0.463 e. The van der Waals surface area contributed by atoms with Gasteiger partial charge in [-0.15, -0.1) is 0 Å². The number of hydrogen-bond acceptors (Lipinski definition) is 3. The summed E-state index contributed by atoms with van der Waals surface area (Å²) in [5.74, 6) is -0.460. The summed E-state index contributed by atoms with van der Waals surface area (Å²) < 4.78 is 9.33. The van der Waals surface area contributed by atoms with Crippen molar-refractivity contribution in [3.8, 4) is 0 Å². The van der Waals surface area contributed by atoms with E-state index in [4.69, 9.17) is 4.74 Å². The van der Waals surface area contributed by atoms with Crippen LogP contribution in [0.25, 0.3) is 0 Å². The van der Waals surface area contributed by atoms with E-state index in [1.54, 1.807) is 0 Å². The van der Waals surface area contributed by atoms with Gasteiger partial charge in [0.1, 0.15) is 6.42 Å². The maximum atomic E-state index is 10.8. The van der Waals surface area contributed by atoms with Crippen molar-refractivity contribution in [3.63, 3.8) is 0 Å². The fourth-order valence-corrected chi connectivity index (χ4v) is 1.65. The molecular weight excluding hydrogens is 220 g/mol. The number of hydrogen-bond donors (Lipinski definition) is 0. The van der Waals surface area contributed by atoms with Gasteiger partial charge in [-0.3, -0.25) is 9.22 Å². The third-order valence-corrected chi connectivity index (χ3v) is 2.52. The normalized spacial score (nSPS) is 11.9. The third-order valence-electron chi connectivity index (χ3n) is 2.52. The smallest absolute Gasteiger partial charge is 0.463 e. The number of carbonyl (C=O) groups excluding carboxylic acids is 3. The van der Waals surface area contributed by atoms with Crippen molar-refractivity contribution in [1.29, 1.82) is 0 Å². The summed E-state index contributed by atoms with van der Waals surface area (Å²) in [6.45, 7) is 6.40.